The second-order valence-corrected chi connectivity index (χ2v) is 8.56. The van der Waals surface area contributed by atoms with Crippen molar-refractivity contribution in [2.75, 3.05) is 23.4 Å². The lowest BCUT2D eigenvalue weighted by Crippen LogP contribution is -2.13. The molecule has 3 N–H and O–H groups in total. The minimum Gasteiger partial charge on any atom is -0.466 e. The number of thioether (sulfide) groups is 1. The predicted octanol–water partition coefficient (Wildman–Crippen LogP) is 3.21. The molecule has 2 heterocycles. The Bertz CT molecular complexity index is 1050. The lowest BCUT2D eigenvalue weighted by Gasteiger charge is -2.15. The van der Waals surface area contributed by atoms with Gasteiger partial charge in [0, 0.05) is 17.6 Å². The van der Waals surface area contributed by atoms with Crippen molar-refractivity contribution in [1.29, 1.82) is 10.5 Å². The number of ether oxygens (including phenoxy) is 1. The van der Waals surface area contributed by atoms with E-state index >= 15 is 0 Å². The Labute approximate surface area is 188 Å². The number of nitriles is 2. The van der Waals surface area contributed by atoms with Gasteiger partial charge in [0.2, 0.25) is 5.91 Å². The van der Waals surface area contributed by atoms with Crippen molar-refractivity contribution in [3.63, 3.8) is 0 Å². The Balaban J connectivity index is 1.99. The summed E-state index contributed by atoms with van der Waals surface area (Å²) in [5, 5.41) is 24.1. The number of rotatable bonds is 9. The van der Waals surface area contributed by atoms with Crippen LogP contribution in [0.25, 0.3) is 0 Å². The zero-order chi connectivity index (χ0) is 23.0. The fourth-order valence-corrected chi connectivity index (χ4v) is 4.40. The third-order valence-corrected chi connectivity index (χ3v) is 5.81. The van der Waals surface area contributed by atoms with Gasteiger partial charge in [0.25, 0.3) is 0 Å². The molecule has 0 aliphatic rings. The number of amides is 1. The molecule has 0 atom stereocenters. The van der Waals surface area contributed by atoms with Crippen LogP contribution in [0.2, 0.25) is 0 Å². The van der Waals surface area contributed by atoms with Gasteiger partial charge in [-0.15, -0.1) is 23.1 Å². The molecule has 0 saturated carbocycles. The lowest BCUT2D eigenvalue weighted by atomic mass is 9.94. The van der Waals surface area contributed by atoms with Gasteiger partial charge < -0.3 is 15.8 Å². The molecule has 0 aliphatic heterocycles. The van der Waals surface area contributed by atoms with Gasteiger partial charge in [0.15, 0.2) is 5.13 Å². The van der Waals surface area contributed by atoms with Crippen molar-refractivity contribution in [3.05, 3.63) is 27.8 Å². The van der Waals surface area contributed by atoms with E-state index in [0.717, 1.165) is 0 Å². The highest BCUT2D eigenvalue weighted by Crippen LogP contribution is 2.33. The highest BCUT2D eigenvalue weighted by Gasteiger charge is 2.21. The summed E-state index contributed by atoms with van der Waals surface area (Å²) in [6, 6.07) is 4.14. The molecule has 1 amide bonds. The summed E-state index contributed by atoms with van der Waals surface area (Å²) < 4.78 is 4.88. The zero-order valence-corrected chi connectivity index (χ0v) is 19.0. The maximum atomic E-state index is 12.2. The van der Waals surface area contributed by atoms with E-state index < -0.39 is 0 Å². The number of nitrogen functional groups attached to an aromatic ring is 1. The number of nitrogens with one attached hydrogen (secondary N) is 1. The molecule has 0 saturated heterocycles. The fourth-order valence-electron chi connectivity index (χ4n) is 2.73. The monoisotopic (exact) mass is 458 g/mol. The highest BCUT2D eigenvalue weighted by molar-refractivity contribution is 7.99. The van der Waals surface area contributed by atoms with Gasteiger partial charge in [-0.05, 0) is 18.4 Å². The van der Waals surface area contributed by atoms with Gasteiger partial charge >= 0.3 is 5.97 Å². The number of esters is 1. The minimum atomic E-state index is -0.370. The number of nitrogens with zero attached hydrogens (tertiary/aromatic N) is 4. The quantitative estimate of drug-likeness (QED) is 0.425. The van der Waals surface area contributed by atoms with Crippen LogP contribution in [-0.4, -0.2) is 34.2 Å². The average molecular weight is 459 g/mol. The SMILES string of the molecule is CCOC(=O)Cc1csc(NC(=O)CCSc2nc(N)c(C#N)c(C(C)C)c2C#N)n1. The summed E-state index contributed by atoms with van der Waals surface area (Å²) in [6.45, 7) is 5.79. The third kappa shape index (κ3) is 6.41. The summed E-state index contributed by atoms with van der Waals surface area (Å²) in [5.74, 6) is -0.267. The molecular formula is C20H22N6O3S2. The molecule has 9 nitrogen and oxygen atoms in total. The summed E-state index contributed by atoms with van der Waals surface area (Å²) in [5.41, 5.74) is 7.54. The highest BCUT2D eigenvalue weighted by atomic mass is 32.2. The summed E-state index contributed by atoms with van der Waals surface area (Å²) in [4.78, 5) is 32.1. The molecule has 0 unspecified atom stereocenters. The van der Waals surface area contributed by atoms with Crippen molar-refractivity contribution in [3.8, 4) is 12.1 Å². The fraction of sp³-hybridized carbons (Fsp3) is 0.400. The van der Waals surface area contributed by atoms with Gasteiger partial charge in [-0.25, -0.2) is 9.97 Å². The largest absolute Gasteiger partial charge is 0.466 e. The van der Waals surface area contributed by atoms with E-state index in [1.807, 2.05) is 19.9 Å². The van der Waals surface area contributed by atoms with Crippen LogP contribution in [0.1, 0.15) is 55.5 Å². The van der Waals surface area contributed by atoms with Crippen molar-refractivity contribution < 1.29 is 14.3 Å². The van der Waals surface area contributed by atoms with Gasteiger partial charge in [0.05, 0.1) is 29.8 Å². The number of aromatic nitrogens is 2. The number of hydrogen-bond acceptors (Lipinski definition) is 10. The smallest absolute Gasteiger partial charge is 0.311 e. The first-order valence-electron chi connectivity index (χ1n) is 9.46. The number of thiazole rings is 1. The molecule has 0 bridgehead atoms. The average Bonchev–Trinajstić information content (AvgIpc) is 3.13. The second kappa shape index (κ2) is 11.3. The van der Waals surface area contributed by atoms with Gasteiger partial charge in [-0.2, -0.15) is 10.5 Å². The number of hydrogen-bond donors (Lipinski definition) is 2. The van der Waals surface area contributed by atoms with Gasteiger partial charge in [-0.3, -0.25) is 9.59 Å². The molecule has 0 aliphatic carbocycles. The van der Waals surface area contributed by atoms with E-state index in [1.54, 1.807) is 12.3 Å². The maximum absolute atomic E-state index is 12.2. The van der Waals surface area contributed by atoms with E-state index in [-0.39, 0.29) is 42.0 Å². The molecule has 0 radical (unpaired) electrons. The number of carbonyl (C=O) groups is 2. The van der Waals surface area contributed by atoms with Crippen LogP contribution in [0.15, 0.2) is 10.4 Å². The molecule has 31 heavy (non-hydrogen) atoms. The first-order valence-corrected chi connectivity index (χ1v) is 11.3. The Morgan fingerprint density at radius 3 is 2.61 bits per heavy atom. The third-order valence-electron chi connectivity index (χ3n) is 4.03. The normalized spacial score (nSPS) is 10.4. The summed E-state index contributed by atoms with van der Waals surface area (Å²) in [7, 11) is 0. The van der Waals surface area contributed by atoms with Crippen LogP contribution in [0.3, 0.4) is 0 Å². The first-order chi connectivity index (χ1) is 14.8. The predicted molar refractivity (Wildman–Crippen MR) is 119 cm³/mol. The van der Waals surface area contributed by atoms with E-state index in [4.69, 9.17) is 10.5 Å². The summed E-state index contributed by atoms with van der Waals surface area (Å²) >= 11 is 2.46. The van der Waals surface area contributed by atoms with Gasteiger partial charge in [0.1, 0.15) is 23.0 Å². The van der Waals surface area contributed by atoms with E-state index in [9.17, 15) is 20.1 Å². The number of anilines is 2. The molecule has 2 aromatic heterocycles. The van der Waals surface area contributed by atoms with E-state index in [0.29, 0.717) is 39.3 Å². The number of nitrogens with two attached hydrogens (primary N) is 1. The van der Waals surface area contributed by atoms with Crippen molar-refractivity contribution in [2.45, 2.75) is 44.6 Å². The molecule has 2 aromatic rings. The summed E-state index contributed by atoms with van der Waals surface area (Å²) in [6.07, 6.45) is 0.206. The van der Waals surface area contributed by atoms with Crippen molar-refractivity contribution >= 4 is 45.9 Å². The van der Waals surface area contributed by atoms with E-state index in [1.165, 1.54) is 23.1 Å². The van der Waals surface area contributed by atoms with Crippen LogP contribution in [0.4, 0.5) is 10.9 Å². The Hall–Kier alpha value is -3.15. The molecule has 11 heteroatoms. The van der Waals surface area contributed by atoms with Crippen LogP contribution in [-0.2, 0) is 20.7 Å². The van der Waals surface area contributed by atoms with Crippen LogP contribution >= 0.6 is 23.1 Å². The lowest BCUT2D eigenvalue weighted by molar-refractivity contribution is -0.142. The van der Waals surface area contributed by atoms with Gasteiger partial charge in [-0.1, -0.05) is 13.8 Å². The molecule has 2 rings (SSSR count). The standard InChI is InChI=1S/C20H22N6O3S2/c1-4-29-16(28)7-12-10-31-20(24-12)25-15(27)5-6-30-19-14(9-22)17(11(2)3)13(8-21)18(23)26-19/h10-11H,4-7H2,1-3H3,(H2,23,26)(H,24,25,27). The maximum Gasteiger partial charge on any atom is 0.311 e. The van der Waals surface area contributed by atoms with Crippen LogP contribution in [0.5, 0.6) is 0 Å². The Morgan fingerprint density at radius 1 is 1.29 bits per heavy atom. The molecule has 0 spiro atoms. The number of pyridine rings is 1. The molecule has 0 aromatic carbocycles. The second-order valence-electron chi connectivity index (χ2n) is 6.62. The first kappa shape index (κ1) is 24.1. The van der Waals surface area contributed by atoms with Crippen LogP contribution in [0, 0.1) is 22.7 Å². The molecule has 0 fully saturated rings. The number of carbonyl (C=O) groups excluding carboxylic acids is 2. The van der Waals surface area contributed by atoms with Crippen LogP contribution < -0.4 is 11.1 Å². The van der Waals surface area contributed by atoms with Crippen molar-refractivity contribution in [2.24, 2.45) is 0 Å². The van der Waals surface area contributed by atoms with E-state index in [2.05, 4.69) is 21.4 Å². The minimum absolute atomic E-state index is 0.0525. The molecule has 162 valence electrons. The Kier molecular flexibility index (Phi) is 8.79. The molecular weight excluding hydrogens is 436 g/mol. The topological polar surface area (TPSA) is 155 Å². The zero-order valence-electron chi connectivity index (χ0n) is 17.4. The Morgan fingerprint density at radius 2 is 2.00 bits per heavy atom. The van der Waals surface area contributed by atoms with Crippen molar-refractivity contribution in [1.82, 2.24) is 9.97 Å².